The molecule has 0 aromatic carbocycles. The number of hydrogen-bond acceptors (Lipinski definition) is 4. The molecule has 3 rings (SSSR count). The van der Waals surface area contributed by atoms with Crippen LogP contribution in [0, 0.1) is 13.8 Å². The minimum atomic E-state index is 0.0693. The molecule has 2 aliphatic rings. The number of nitrogens with zero attached hydrogens (tertiary/aromatic N) is 4. The van der Waals surface area contributed by atoms with Crippen molar-refractivity contribution in [3.63, 3.8) is 0 Å². The Kier molecular flexibility index (Phi) is 4.42. The number of carbonyl (C=O) groups excluding carboxylic acids is 2. The smallest absolute Gasteiger partial charge is 0.242 e. The first-order valence-corrected chi connectivity index (χ1v) is 8.86. The Morgan fingerprint density at radius 2 is 2.27 bits per heavy atom. The van der Waals surface area contributed by atoms with Gasteiger partial charge in [-0.25, -0.2) is 0 Å². The Balaban J connectivity index is 1.63. The van der Waals surface area contributed by atoms with Gasteiger partial charge in [-0.3, -0.25) is 14.3 Å². The third kappa shape index (κ3) is 3.14. The van der Waals surface area contributed by atoms with Crippen LogP contribution in [0.1, 0.15) is 24.2 Å². The van der Waals surface area contributed by atoms with E-state index in [-0.39, 0.29) is 24.4 Å². The van der Waals surface area contributed by atoms with Crippen molar-refractivity contribution >= 4 is 23.6 Å². The van der Waals surface area contributed by atoms with Gasteiger partial charge in [-0.2, -0.15) is 5.10 Å². The highest BCUT2D eigenvalue weighted by molar-refractivity contribution is 8.00. The Bertz CT molecular complexity index is 586. The lowest BCUT2D eigenvalue weighted by molar-refractivity contribution is -0.138. The molecule has 7 heteroatoms. The van der Waals surface area contributed by atoms with Crippen LogP contribution >= 0.6 is 11.8 Å². The number of hydrogen-bond donors (Lipinski definition) is 0. The van der Waals surface area contributed by atoms with Crippen LogP contribution in [0.4, 0.5) is 0 Å². The van der Waals surface area contributed by atoms with Crippen LogP contribution in [0.25, 0.3) is 0 Å². The molecule has 2 fully saturated rings. The highest BCUT2D eigenvalue weighted by atomic mass is 32.2. The van der Waals surface area contributed by atoms with Crippen LogP contribution in [0.2, 0.25) is 0 Å². The van der Waals surface area contributed by atoms with Gasteiger partial charge in [-0.15, -0.1) is 11.8 Å². The third-order valence-corrected chi connectivity index (χ3v) is 5.28. The fourth-order valence-corrected chi connectivity index (χ4v) is 4.11. The number of rotatable bonds is 4. The summed E-state index contributed by atoms with van der Waals surface area (Å²) in [6, 6.07) is 2.25. The second-order valence-electron chi connectivity index (χ2n) is 6.06. The van der Waals surface area contributed by atoms with Gasteiger partial charge in [0.2, 0.25) is 11.8 Å². The number of aromatic nitrogens is 2. The van der Waals surface area contributed by atoms with E-state index in [2.05, 4.69) is 11.2 Å². The van der Waals surface area contributed by atoms with E-state index in [4.69, 9.17) is 0 Å². The van der Waals surface area contributed by atoms with E-state index in [1.165, 1.54) is 0 Å². The molecular formula is C15H22N4O2S. The van der Waals surface area contributed by atoms with E-state index < -0.39 is 0 Å². The van der Waals surface area contributed by atoms with E-state index in [0.717, 1.165) is 37.3 Å². The summed E-state index contributed by atoms with van der Waals surface area (Å²) >= 11 is 1.57. The minimum Gasteiger partial charge on any atom is -0.336 e. The molecule has 2 saturated heterocycles. The molecule has 1 aromatic heterocycles. The zero-order chi connectivity index (χ0) is 15.7. The standard InChI is InChI=1S/C15H22N4O2S/c1-11-6-12(2)19(16-11)7-13-4-3-5-18(13)14(20)8-17-10-22-9-15(17)21/h6,13H,3-5,7-10H2,1-2H3/t13-/m0/s1. The fraction of sp³-hybridized carbons (Fsp3) is 0.667. The lowest BCUT2D eigenvalue weighted by Crippen LogP contribution is -2.44. The van der Waals surface area contributed by atoms with Crippen LogP contribution in [0.15, 0.2) is 6.07 Å². The van der Waals surface area contributed by atoms with Crippen LogP contribution < -0.4 is 0 Å². The van der Waals surface area contributed by atoms with E-state index >= 15 is 0 Å². The Morgan fingerprint density at radius 3 is 2.91 bits per heavy atom. The first kappa shape index (κ1) is 15.4. The second kappa shape index (κ2) is 6.32. The normalized spacial score (nSPS) is 21.9. The predicted octanol–water partition coefficient (Wildman–Crippen LogP) is 1.02. The zero-order valence-corrected chi connectivity index (χ0v) is 13.9. The number of thioether (sulfide) groups is 1. The molecule has 3 heterocycles. The predicted molar refractivity (Wildman–Crippen MR) is 85.5 cm³/mol. The summed E-state index contributed by atoms with van der Waals surface area (Å²) in [6.45, 7) is 5.78. The van der Waals surface area contributed by atoms with Crippen LogP contribution in [0.5, 0.6) is 0 Å². The van der Waals surface area contributed by atoms with Gasteiger partial charge in [0.05, 0.1) is 29.9 Å². The van der Waals surface area contributed by atoms with Crippen molar-refractivity contribution in [1.82, 2.24) is 19.6 Å². The molecule has 1 aromatic rings. The quantitative estimate of drug-likeness (QED) is 0.830. The molecule has 1 atom stereocenters. The summed E-state index contributed by atoms with van der Waals surface area (Å²) in [6.07, 6.45) is 2.03. The molecule has 120 valence electrons. The maximum absolute atomic E-state index is 12.5. The van der Waals surface area contributed by atoms with Crippen molar-refractivity contribution in [1.29, 1.82) is 0 Å². The highest BCUT2D eigenvalue weighted by Crippen LogP contribution is 2.21. The highest BCUT2D eigenvalue weighted by Gasteiger charge is 2.32. The Labute approximate surface area is 134 Å². The Hall–Kier alpha value is -1.50. The SMILES string of the molecule is Cc1cc(C)n(C[C@@H]2CCCN2C(=O)CN2CSCC2=O)n1. The summed E-state index contributed by atoms with van der Waals surface area (Å²) in [7, 11) is 0. The first-order valence-electron chi connectivity index (χ1n) is 7.70. The summed E-state index contributed by atoms with van der Waals surface area (Å²) in [5.41, 5.74) is 2.14. The summed E-state index contributed by atoms with van der Waals surface area (Å²) in [5.74, 6) is 1.29. The topological polar surface area (TPSA) is 58.4 Å². The number of amides is 2. The zero-order valence-electron chi connectivity index (χ0n) is 13.1. The summed E-state index contributed by atoms with van der Waals surface area (Å²) in [4.78, 5) is 27.8. The molecule has 6 nitrogen and oxygen atoms in total. The average Bonchev–Trinajstić information content (AvgIpc) is 3.14. The fourth-order valence-electron chi connectivity index (χ4n) is 3.21. The van der Waals surface area contributed by atoms with Gasteiger partial charge in [0, 0.05) is 12.2 Å². The first-order chi connectivity index (χ1) is 10.5. The van der Waals surface area contributed by atoms with Gasteiger partial charge in [0.25, 0.3) is 0 Å². The molecule has 2 amide bonds. The molecule has 22 heavy (non-hydrogen) atoms. The monoisotopic (exact) mass is 322 g/mol. The maximum Gasteiger partial charge on any atom is 0.242 e. The molecule has 0 spiro atoms. The van der Waals surface area contributed by atoms with Crippen LogP contribution in [0.3, 0.4) is 0 Å². The molecular weight excluding hydrogens is 300 g/mol. The van der Waals surface area contributed by atoms with Crippen molar-refractivity contribution in [2.45, 2.75) is 39.3 Å². The second-order valence-corrected chi connectivity index (χ2v) is 7.02. The maximum atomic E-state index is 12.5. The minimum absolute atomic E-state index is 0.0693. The van der Waals surface area contributed by atoms with Crippen molar-refractivity contribution in [2.75, 3.05) is 24.7 Å². The van der Waals surface area contributed by atoms with Crippen molar-refractivity contribution in [2.24, 2.45) is 0 Å². The largest absolute Gasteiger partial charge is 0.336 e. The molecule has 0 unspecified atom stereocenters. The van der Waals surface area contributed by atoms with Gasteiger partial charge in [0.1, 0.15) is 6.54 Å². The number of carbonyl (C=O) groups is 2. The molecule has 0 radical (unpaired) electrons. The molecule has 0 aliphatic carbocycles. The number of likely N-dealkylation sites (tertiary alicyclic amines) is 1. The number of aryl methyl sites for hydroxylation is 2. The van der Waals surface area contributed by atoms with E-state index in [9.17, 15) is 9.59 Å². The van der Waals surface area contributed by atoms with Gasteiger partial charge in [-0.05, 0) is 32.8 Å². The van der Waals surface area contributed by atoms with Crippen LogP contribution in [-0.4, -0.2) is 62.2 Å². The van der Waals surface area contributed by atoms with Gasteiger partial charge in [-0.1, -0.05) is 0 Å². The third-order valence-electron chi connectivity index (χ3n) is 4.34. The lowest BCUT2D eigenvalue weighted by atomic mass is 10.2. The van der Waals surface area contributed by atoms with Gasteiger partial charge in [0.15, 0.2) is 0 Å². The molecule has 0 saturated carbocycles. The Morgan fingerprint density at radius 1 is 1.45 bits per heavy atom. The summed E-state index contributed by atoms with van der Waals surface area (Å²) < 4.78 is 1.99. The van der Waals surface area contributed by atoms with Gasteiger partial charge < -0.3 is 9.80 Å². The van der Waals surface area contributed by atoms with Crippen molar-refractivity contribution < 1.29 is 9.59 Å². The van der Waals surface area contributed by atoms with Crippen LogP contribution in [-0.2, 0) is 16.1 Å². The molecule has 0 N–H and O–H groups in total. The molecule has 0 bridgehead atoms. The van der Waals surface area contributed by atoms with Gasteiger partial charge >= 0.3 is 0 Å². The molecule has 2 aliphatic heterocycles. The average molecular weight is 322 g/mol. The van der Waals surface area contributed by atoms with Crippen molar-refractivity contribution in [3.05, 3.63) is 17.5 Å². The van der Waals surface area contributed by atoms with E-state index in [1.54, 1.807) is 16.7 Å². The lowest BCUT2D eigenvalue weighted by Gasteiger charge is -2.27. The van der Waals surface area contributed by atoms with E-state index in [1.807, 2.05) is 23.4 Å². The summed E-state index contributed by atoms with van der Waals surface area (Å²) in [5, 5.41) is 4.49. The van der Waals surface area contributed by atoms with E-state index in [0.29, 0.717) is 11.6 Å². The van der Waals surface area contributed by atoms with Crippen molar-refractivity contribution in [3.8, 4) is 0 Å².